The number of sulfonamides is 1. The zero-order chi connectivity index (χ0) is 25.6. The topological polar surface area (TPSA) is 120 Å². The van der Waals surface area contributed by atoms with E-state index >= 15 is 0 Å². The number of piperidine rings is 1. The maximum Gasteiger partial charge on any atom is 0.239 e. The fraction of sp³-hybridized carbons (Fsp3) is 0.440. The molecule has 35 heavy (non-hydrogen) atoms. The third kappa shape index (κ3) is 6.83. The van der Waals surface area contributed by atoms with Gasteiger partial charge in [0.2, 0.25) is 15.9 Å². The van der Waals surface area contributed by atoms with E-state index in [2.05, 4.69) is 15.8 Å². The molecule has 2 aromatic rings. The number of benzene rings is 1. The Balaban J connectivity index is 1.67. The Morgan fingerprint density at radius 3 is 2.46 bits per heavy atom. The molecule has 1 aromatic carbocycles. The van der Waals surface area contributed by atoms with Crippen molar-refractivity contribution in [1.82, 2.24) is 9.71 Å². The first kappa shape index (κ1) is 26.7. The summed E-state index contributed by atoms with van der Waals surface area (Å²) in [5, 5.41) is 10.3. The molecule has 10 heteroatoms. The number of aromatic nitrogens is 1. The van der Waals surface area contributed by atoms with Gasteiger partial charge in [-0.1, -0.05) is 36.8 Å². The minimum absolute atomic E-state index is 0.0328. The number of carbonyl (C=O) groups is 2. The average molecular weight is 515 g/mol. The Bertz CT molecular complexity index is 1230. The standard InChI is InChI=1S/C25H30N4O4S2/c1-4-5-22(30)21-14-20(15-26)23(27-25(21)34-3)29-12-10-19(11-13-29)24(31)28-35(32,33)16-18-8-6-17(2)7-9-18/h6-9,14,19H,4-5,10-13,16H2,1-3H3,(H,28,31). The van der Waals surface area contributed by atoms with Crippen molar-refractivity contribution in [1.29, 1.82) is 5.26 Å². The summed E-state index contributed by atoms with van der Waals surface area (Å²) >= 11 is 1.36. The highest BCUT2D eigenvalue weighted by Gasteiger charge is 2.30. The number of amides is 1. The third-order valence-electron chi connectivity index (χ3n) is 5.96. The Labute approximate surface area is 211 Å². The highest BCUT2D eigenvalue weighted by molar-refractivity contribution is 7.98. The number of pyridine rings is 1. The molecule has 0 atom stereocenters. The number of hydrogen-bond acceptors (Lipinski definition) is 8. The summed E-state index contributed by atoms with van der Waals surface area (Å²) in [6.45, 7) is 4.75. The van der Waals surface area contributed by atoms with Crippen molar-refractivity contribution in [3.8, 4) is 6.07 Å². The van der Waals surface area contributed by atoms with Crippen LogP contribution in [0.15, 0.2) is 35.4 Å². The molecule has 0 radical (unpaired) electrons. The van der Waals surface area contributed by atoms with Gasteiger partial charge < -0.3 is 4.90 Å². The van der Waals surface area contributed by atoms with Gasteiger partial charge in [-0.25, -0.2) is 13.4 Å². The van der Waals surface area contributed by atoms with Crippen molar-refractivity contribution < 1.29 is 18.0 Å². The quantitative estimate of drug-likeness (QED) is 0.396. The maximum atomic E-state index is 12.7. The molecule has 1 saturated heterocycles. The monoisotopic (exact) mass is 514 g/mol. The van der Waals surface area contributed by atoms with Crippen LogP contribution < -0.4 is 9.62 Å². The molecule has 0 unspecified atom stereocenters. The molecule has 1 aromatic heterocycles. The Morgan fingerprint density at radius 2 is 1.89 bits per heavy atom. The average Bonchev–Trinajstić information content (AvgIpc) is 2.84. The highest BCUT2D eigenvalue weighted by Crippen LogP contribution is 2.30. The van der Waals surface area contributed by atoms with Crippen molar-refractivity contribution in [3.05, 3.63) is 52.6 Å². The lowest BCUT2D eigenvalue weighted by Crippen LogP contribution is -2.43. The number of aryl methyl sites for hydroxylation is 1. The molecule has 0 aliphatic carbocycles. The maximum absolute atomic E-state index is 12.7. The van der Waals surface area contributed by atoms with Gasteiger partial charge in [0.25, 0.3) is 0 Å². The molecule has 0 spiro atoms. The van der Waals surface area contributed by atoms with Crippen LogP contribution in [0.4, 0.5) is 5.82 Å². The smallest absolute Gasteiger partial charge is 0.239 e. The van der Waals surface area contributed by atoms with Gasteiger partial charge in [0.15, 0.2) is 5.78 Å². The first-order chi connectivity index (χ1) is 16.7. The van der Waals surface area contributed by atoms with E-state index in [0.717, 1.165) is 5.56 Å². The number of nitrogens with zero attached hydrogens (tertiary/aromatic N) is 3. The van der Waals surface area contributed by atoms with E-state index in [0.29, 0.717) is 66.3 Å². The van der Waals surface area contributed by atoms with Gasteiger partial charge in [-0.2, -0.15) is 5.26 Å². The normalized spacial score (nSPS) is 14.4. The SMILES string of the molecule is CCCC(=O)c1cc(C#N)c(N2CCC(C(=O)NS(=O)(=O)Cc3ccc(C)cc3)CC2)nc1SC. The van der Waals surface area contributed by atoms with E-state index in [1.807, 2.05) is 37.1 Å². The van der Waals surface area contributed by atoms with Crippen LogP contribution in [0.5, 0.6) is 0 Å². The minimum atomic E-state index is -3.80. The van der Waals surface area contributed by atoms with E-state index in [1.165, 1.54) is 11.8 Å². The summed E-state index contributed by atoms with van der Waals surface area (Å²) in [6, 6.07) is 10.9. The Morgan fingerprint density at radius 1 is 1.23 bits per heavy atom. The van der Waals surface area contributed by atoms with Gasteiger partial charge in [-0.05, 0) is 44.1 Å². The first-order valence-corrected chi connectivity index (χ1v) is 14.4. The van der Waals surface area contributed by atoms with Gasteiger partial charge in [-0.3, -0.25) is 14.3 Å². The van der Waals surface area contributed by atoms with Crippen LogP contribution in [0.2, 0.25) is 0 Å². The number of thioether (sulfide) groups is 1. The molecule has 1 N–H and O–H groups in total. The second-order valence-corrected chi connectivity index (χ2v) is 11.2. The molecule has 0 bridgehead atoms. The molecule has 1 fully saturated rings. The second-order valence-electron chi connectivity index (χ2n) is 8.67. The number of hydrogen-bond donors (Lipinski definition) is 1. The first-order valence-electron chi connectivity index (χ1n) is 11.5. The molecule has 2 heterocycles. The van der Waals surface area contributed by atoms with Crippen molar-refractivity contribution in [3.63, 3.8) is 0 Å². The molecule has 1 amide bonds. The zero-order valence-corrected chi connectivity index (χ0v) is 21.8. The Kier molecular flexibility index (Phi) is 8.92. The molecular formula is C25H30N4O4S2. The summed E-state index contributed by atoms with van der Waals surface area (Å²) in [5.41, 5.74) is 2.44. The molecule has 3 rings (SSSR count). The number of carbonyl (C=O) groups excluding carboxylic acids is 2. The van der Waals surface area contributed by atoms with E-state index < -0.39 is 21.8 Å². The molecule has 1 aliphatic rings. The van der Waals surface area contributed by atoms with Crippen LogP contribution in [0.25, 0.3) is 0 Å². The fourth-order valence-corrected chi connectivity index (χ4v) is 5.80. The van der Waals surface area contributed by atoms with Gasteiger partial charge in [0.05, 0.1) is 16.9 Å². The van der Waals surface area contributed by atoms with Crippen molar-refractivity contribution in [2.24, 2.45) is 5.92 Å². The van der Waals surface area contributed by atoms with Gasteiger partial charge in [-0.15, -0.1) is 11.8 Å². The van der Waals surface area contributed by atoms with Crippen LogP contribution in [0, 0.1) is 24.2 Å². The van der Waals surface area contributed by atoms with Crippen LogP contribution in [0.3, 0.4) is 0 Å². The van der Waals surface area contributed by atoms with Crippen molar-refractivity contribution in [2.75, 3.05) is 24.2 Å². The molecule has 1 aliphatic heterocycles. The van der Waals surface area contributed by atoms with E-state index in [1.54, 1.807) is 18.2 Å². The number of rotatable bonds is 9. The number of Topliss-reactive ketones (excluding diaryl/α,β-unsaturated/α-hetero) is 1. The second kappa shape index (κ2) is 11.7. The largest absolute Gasteiger partial charge is 0.355 e. The predicted octanol–water partition coefficient (Wildman–Crippen LogP) is 3.83. The lowest BCUT2D eigenvalue weighted by molar-refractivity contribution is -0.123. The number of nitriles is 1. The molecule has 8 nitrogen and oxygen atoms in total. The Hall–Kier alpha value is -2.90. The third-order valence-corrected chi connectivity index (χ3v) is 7.88. The van der Waals surface area contributed by atoms with Crippen LogP contribution >= 0.6 is 11.8 Å². The molecule has 186 valence electrons. The van der Waals surface area contributed by atoms with Crippen LogP contribution in [0.1, 0.15) is 59.7 Å². The number of anilines is 1. The summed E-state index contributed by atoms with van der Waals surface area (Å²) in [5.74, 6) is -0.746. The summed E-state index contributed by atoms with van der Waals surface area (Å²) in [6.07, 6.45) is 3.82. The van der Waals surface area contributed by atoms with E-state index in [4.69, 9.17) is 0 Å². The predicted molar refractivity (Wildman–Crippen MR) is 137 cm³/mol. The summed E-state index contributed by atoms with van der Waals surface area (Å²) in [7, 11) is -3.80. The van der Waals surface area contributed by atoms with Crippen molar-refractivity contribution >= 4 is 39.3 Å². The van der Waals surface area contributed by atoms with Crippen LogP contribution in [-0.2, 0) is 20.6 Å². The number of nitrogens with one attached hydrogen (secondary N) is 1. The molecular weight excluding hydrogens is 484 g/mol. The van der Waals surface area contributed by atoms with Gasteiger partial charge in [0, 0.05) is 25.4 Å². The zero-order valence-electron chi connectivity index (χ0n) is 20.2. The summed E-state index contributed by atoms with van der Waals surface area (Å²) in [4.78, 5) is 31.7. The fourth-order valence-electron chi connectivity index (χ4n) is 4.06. The lowest BCUT2D eigenvalue weighted by atomic mass is 9.96. The van der Waals surface area contributed by atoms with Gasteiger partial charge >= 0.3 is 0 Å². The number of ketones is 1. The minimum Gasteiger partial charge on any atom is -0.355 e. The lowest BCUT2D eigenvalue weighted by Gasteiger charge is -2.32. The molecule has 0 saturated carbocycles. The highest BCUT2D eigenvalue weighted by atomic mass is 32.2. The van der Waals surface area contributed by atoms with Gasteiger partial charge in [0.1, 0.15) is 16.9 Å². The van der Waals surface area contributed by atoms with Crippen molar-refractivity contribution in [2.45, 2.75) is 50.3 Å². The van der Waals surface area contributed by atoms with E-state index in [9.17, 15) is 23.3 Å². The summed E-state index contributed by atoms with van der Waals surface area (Å²) < 4.78 is 27.2. The van der Waals surface area contributed by atoms with E-state index in [-0.39, 0.29) is 11.5 Å². The van der Waals surface area contributed by atoms with Crippen LogP contribution in [-0.4, -0.2) is 44.4 Å².